The molecule has 0 fully saturated rings. The highest BCUT2D eigenvalue weighted by molar-refractivity contribution is 5.94. The van der Waals surface area contributed by atoms with Crippen molar-refractivity contribution in [1.82, 2.24) is 26.6 Å². The first-order valence-electron chi connectivity index (χ1n) is 17.6. The van der Waals surface area contributed by atoms with E-state index in [1.54, 1.807) is 41.5 Å². The third-order valence-corrected chi connectivity index (χ3v) is 7.99. The normalized spacial score (nSPS) is 14.0. The maximum atomic E-state index is 13.5. The number of benzene rings is 2. The number of ether oxygens (including phenoxy) is 4. The molecule has 5 N–H and O–H groups in total. The quantitative estimate of drug-likeness (QED) is 0.0967. The molecule has 1 aliphatic carbocycles. The van der Waals surface area contributed by atoms with Crippen molar-refractivity contribution >= 4 is 35.9 Å². The third kappa shape index (κ3) is 13.7. The number of hydrogen-bond acceptors (Lipinski definition) is 10. The monoisotopic (exact) mass is 739 g/mol. The number of nitrogens with one attached hydrogen (secondary N) is 5. The summed E-state index contributed by atoms with van der Waals surface area (Å²) in [5, 5.41) is 12.7. The Labute approximate surface area is 310 Å². The summed E-state index contributed by atoms with van der Waals surface area (Å²) in [5.74, 6) is -3.00. The Bertz CT molecular complexity index is 1570. The summed E-state index contributed by atoms with van der Waals surface area (Å²) in [6.07, 6.45) is -1.15. The fraction of sp³-hybridized carbons (Fsp3) is 0.526. The average molecular weight is 740 g/mol. The predicted molar refractivity (Wildman–Crippen MR) is 196 cm³/mol. The molecule has 1 aliphatic rings. The highest BCUT2D eigenvalue weighted by Crippen LogP contribution is 2.44. The van der Waals surface area contributed by atoms with Crippen LogP contribution in [0.25, 0.3) is 11.1 Å². The number of alkyl carbamates (subject to hydrolysis) is 2. The summed E-state index contributed by atoms with van der Waals surface area (Å²) < 4.78 is 21.2. The van der Waals surface area contributed by atoms with Crippen LogP contribution in [0.4, 0.5) is 9.59 Å². The highest BCUT2D eigenvalue weighted by Gasteiger charge is 2.32. The van der Waals surface area contributed by atoms with Crippen molar-refractivity contribution in [3.8, 4) is 11.1 Å². The highest BCUT2D eigenvalue weighted by atomic mass is 16.6. The Morgan fingerprint density at radius 1 is 0.717 bits per heavy atom. The van der Waals surface area contributed by atoms with E-state index in [0.29, 0.717) is 0 Å². The standard InChI is InChI=1S/C38H53N5O10/c1-23(32(45)42-29(33(46)40-20-31(44)50-8)18-13-19-39-35(48)53-38(5,6)7)41-34(47)30(22-52-37(2,3)4)43-36(49)51-21-28-26-16-11-9-14-24(26)25-15-10-12-17-27(25)28/h9-12,14-17,23,28-30H,13,18-22H2,1-8H3,(H,39,48)(H,40,46)(H,41,47)(H,42,45)(H,43,49)/t23-,29-,30-/m0/s1. The molecule has 0 bridgehead atoms. The van der Waals surface area contributed by atoms with Gasteiger partial charge in [-0.3, -0.25) is 19.2 Å². The SMILES string of the molecule is COC(=O)CNC(=O)[C@H](CCCNC(=O)OC(C)(C)C)NC(=O)[C@H](C)NC(=O)[C@H](COC(C)(C)C)NC(=O)OCC1c2ccccc2-c2ccccc21. The van der Waals surface area contributed by atoms with Crippen LogP contribution in [0.3, 0.4) is 0 Å². The molecule has 290 valence electrons. The van der Waals surface area contributed by atoms with E-state index in [-0.39, 0.29) is 38.5 Å². The number of carbonyl (C=O) groups excluding carboxylic acids is 6. The second kappa shape index (κ2) is 19.1. The molecule has 2 aromatic carbocycles. The van der Waals surface area contributed by atoms with Crippen LogP contribution in [0, 0.1) is 0 Å². The van der Waals surface area contributed by atoms with Gasteiger partial charge in [0, 0.05) is 12.5 Å². The van der Waals surface area contributed by atoms with E-state index >= 15 is 0 Å². The van der Waals surface area contributed by atoms with E-state index < -0.39 is 71.7 Å². The summed E-state index contributed by atoms with van der Waals surface area (Å²) in [6.45, 7) is 11.5. The maximum Gasteiger partial charge on any atom is 0.407 e. The minimum Gasteiger partial charge on any atom is -0.468 e. The van der Waals surface area contributed by atoms with Crippen LogP contribution in [0.2, 0.25) is 0 Å². The van der Waals surface area contributed by atoms with Gasteiger partial charge in [-0.2, -0.15) is 0 Å². The summed E-state index contributed by atoms with van der Waals surface area (Å²) in [7, 11) is 1.17. The first kappa shape index (κ1) is 42.2. The lowest BCUT2D eigenvalue weighted by Crippen LogP contribution is -2.57. The van der Waals surface area contributed by atoms with Crippen LogP contribution in [-0.4, -0.2) is 98.6 Å². The number of amides is 5. The third-order valence-electron chi connectivity index (χ3n) is 7.99. The second-order valence-electron chi connectivity index (χ2n) is 14.6. The van der Waals surface area contributed by atoms with E-state index in [1.165, 1.54) is 14.0 Å². The molecule has 5 amide bonds. The second-order valence-corrected chi connectivity index (χ2v) is 14.6. The molecule has 0 aliphatic heterocycles. The lowest BCUT2D eigenvalue weighted by molar-refractivity contribution is -0.141. The summed E-state index contributed by atoms with van der Waals surface area (Å²) in [5.41, 5.74) is 2.85. The average Bonchev–Trinajstić information content (AvgIpc) is 3.41. The molecule has 15 nitrogen and oxygen atoms in total. The molecule has 15 heteroatoms. The van der Waals surface area contributed by atoms with Crippen LogP contribution < -0.4 is 26.6 Å². The van der Waals surface area contributed by atoms with Crippen LogP contribution in [0.15, 0.2) is 48.5 Å². The van der Waals surface area contributed by atoms with Crippen LogP contribution in [0.5, 0.6) is 0 Å². The van der Waals surface area contributed by atoms with E-state index in [0.717, 1.165) is 22.3 Å². The molecule has 0 aromatic heterocycles. The minimum atomic E-state index is -1.24. The lowest BCUT2D eigenvalue weighted by Gasteiger charge is -2.26. The van der Waals surface area contributed by atoms with Crippen molar-refractivity contribution in [2.75, 3.05) is 33.4 Å². The van der Waals surface area contributed by atoms with Crippen molar-refractivity contribution < 1.29 is 47.7 Å². The number of hydrogen-bond donors (Lipinski definition) is 5. The van der Waals surface area contributed by atoms with Gasteiger partial charge < -0.3 is 45.5 Å². The Morgan fingerprint density at radius 2 is 1.32 bits per heavy atom. The van der Waals surface area contributed by atoms with Crippen molar-refractivity contribution in [2.45, 2.75) is 96.6 Å². The van der Waals surface area contributed by atoms with Crippen molar-refractivity contribution in [1.29, 1.82) is 0 Å². The van der Waals surface area contributed by atoms with Crippen molar-refractivity contribution in [3.05, 3.63) is 59.7 Å². The van der Waals surface area contributed by atoms with Crippen LogP contribution in [-0.2, 0) is 38.1 Å². The Balaban J connectivity index is 1.63. The van der Waals surface area contributed by atoms with Gasteiger partial charge in [-0.1, -0.05) is 48.5 Å². The minimum absolute atomic E-state index is 0.0276. The van der Waals surface area contributed by atoms with Gasteiger partial charge in [0.05, 0.1) is 19.3 Å². The molecule has 0 unspecified atom stereocenters. The Kier molecular flexibility index (Phi) is 15.2. The number of esters is 1. The number of methoxy groups -OCH3 is 1. The number of carbonyl (C=O) groups is 6. The first-order chi connectivity index (χ1) is 24.9. The van der Waals surface area contributed by atoms with Gasteiger partial charge in [0.25, 0.3) is 0 Å². The smallest absolute Gasteiger partial charge is 0.407 e. The molecule has 53 heavy (non-hydrogen) atoms. The molecule has 0 spiro atoms. The largest absolute Gasteiger partial charge is 0.468 e. The zero-order chi connectivity index (χ0) is 39.3. The number of rotatable bonds is 16. The van der Waals surface area contributed by atoms with E-state index in [4.69, 9.17) is 14.2 Å². The van der Waals surface area contributed by atoms with Gasteiger partial charge >= 0.3 is 18.2 Å². The predicted octanol–water partition coefficient (Wildman–Crippen LogP) is 3.29. The van der Waals surface area contributed by atoms with Gasteiger partial charge in [0.1, 0.15) is 36.9 Å². The van der Waals surface area contributed by atoms with E-state index in [9.17, 15) is 28.8 Å². The van der Waals surface area contributed by atoms with Crippen LogP contribution in [0.1, 0.15) is 78.4 Å². The zero-order valence-corrected chi connectivity index (χ0v) is 31.8. The fourth-order valence-corrected chi connectivity index (χ4v) is 5.41. The topological polar surface area (TPSA) is 199 Å². The van der Waals surface area contributed by atoms with Gasteiger partial charge in [-0.05, 0) is 83.6 Å². The molecule has 3 rings (SSSR count). The van der Waals surface area contributed by atoms with Gasteiger partial charge in [0.15, 0.2) is 0 Å². The lowest BCUT2D eigenvalue weighted by atomic mass is 9.98. The fourth-order valence-electron chi connectivity index (χ4n) is 5.41. The van der Waals surface area contributed by atoms with E-state index in [1.807, 2.05) is 48.5 Å². The molecule has 3 atom stereocenters. The van der Waals surface area contributed by atoms with Crippen molar-refractivity contribution in [2.24, 2.45) is 0 Å². The van der Waals surface area contributed by atoms with Crippen LogP contribution >= 0.6 is 0 Å². The number of fused-ring (bicyclic) bond motifs is 3. The molecule has 0 saturated heterocycles. The summed E-state index contributed by atoms with van der Waals surface area (Å²) in [4.78, 5) is 76.4. The van der Waals surface area contributed by atoms with Gasteiger partial charge in [0.2, 0.25) is 17.7 Å². The maximum absolute atomic E-state index is 13.5. The first-order valence-corrected chi connectivity index (χ1v) is 17.6. The van der Waals surface area contributed by atoms with Gasteiger partial charge in [-0.15, -0.1) is 0 Å². The molecule has 2 aromatic rings. The molecular weight excluding hydrogens is 686 g/mol. The molecule has 0 heterocycles. The summed E-state index contributed by atoms with van der Waals surface area (Å²) >= 11 is 0. The molecule has 0 saturated carbocycles. The Morgan fingerprint density at radius 3 is 1.89 bits per heavy atom. The summed E-state index contributed by atoms with van der Waals surface area (Å²) in [6, 6.07) is 12.3. The molecular formula is C38H53N5O10. The molecule has 0 radical (unpaired) electrons. The van der Waals surface area contributed by atoms with Crippen molar-refractivity contribution in [3.63, 3.8) is 0 Å². The van der Waals surface area contributed by atoms with E-state index in [2.05, 4.69) is 31.3 Å². The van der Waals surface area contributed by atoms with Gasteiger partial charge in [-0.25, -0.2) is 9.59 Å². The zero-order valence-electron chi connectivity index (χ0n) is 31.8. The Hall–Kier alpha value is -5.18.